The lowest BCUT2D eigenvalue weighted by Gasteiger charge is -2.01. The zero-order valence-electron chi connectivity index (χ0n) is 9.39. The number of benzene rings is 1. The van der Waals surface area contributed by atoms with Gasteiger partial charge in [-0.1, -0.05) is 28.1 Å². The molecule has 0 radical (unpaired) electrons. The number of nitrogens with zero attached hydrogens (tertiary/aromatic N) is 2. The van der Waals surface area contributed by atoms with Gasteiger partial charge in [-0.15, -0.1) is 0 Å². The number of halogens is 1. The van der Waals surface area contributed by atoms with Gasteiger partial charge in [-0.2, -0.15) is 5.26 Å². The number of aromatic nitrogens is 1. The normalized spacial score (nSPS) is 11.2. The first-order valence-corrected chi connectivity index (χ1v) is 5.99. The molecule has 3 heteroatoms. The van der Waals surface area contributed by atoms with Crippen molar-refractivity contribution >= 4 is 27.6 Å². The second-order valence-electron chi connectivity index (χ2n) is 3.72. The summed E-state index contributed by atoms with van der Waals surface area (Å²) in [5.74, 6) is 0. The van der Waals surface area contributed by atoms with Crippen molar-refractivity contribution in [1.82, 2.24) is 4.57 Å². The summed E-state index contributed by atoms with van der Waals surface area (Å²) in [7, 11) is 1.96. The Morgan fingerprint density at radius 1 is 1.35 bits per heavy atom. The van der Waals surface area contributed by atoms with E-state index >= 15 is 0 Å². The van der Waals surface area contributed by atoms with Gasteiger partial charge in [0.15, 0.2) is 0 Å². The summed E-state index contributed by atoms with van der Waals surface area (Å²) in [6.45, 7) is 0. The number of rotatable bonds is 2. The molecular weight excluding hydrogens is 276 g/mol. The zero-order valence-corrected chi connectivity index (χ0v) is 11.0. The van der Waals surface area contributed by atoms with E-state index in [1.165, 1.54) is 0 Å². The summed E-state index contributed by atoms with van der Waals surface area (Å²) >= 11 is 3.41. The highest BCUT2D eigenvalue weighted by Crippen LogP contribution is 2.21. The second kappa shape index (κ2) is 5.03. The highest BCUT2D eigenvalue weighted by Gasteiger charge is 2.02. The number of allylic oxidation sites excluding steroid dienone is 1. The molecule has 0 aliphatic carbocycles. The third kappa shape index (κ3) is 2.66. The summed E-state index contributed by atoms with van der Waals surface area (Å²) in [6, 6.07) is 13.9. The van der Waals surface area contributed by atoms with Gasteiger partial charge in [0.1, 0.15) is 0 Å². The van der Waals surface area contributed by atoms with Gasteiger partial charge in [0.05, 0.1) is 11.6 Å². The van der Waals surface area contributed by atoms with Gasteiger partial charge in [0, 0.05) is 23.4 Å². The number of hydrogen-bond donors (Lipinski definition) is 0. The SMILES string of the molecule is Cn1cccc1/C=C(\C#N)c1cccc(Br)c1. The second-order valence-corrected chi connectivity index (χ2v) is 4.64. The number of hydrogen-bond acceptors (Lipinski definition) is 1. The predicted molar refractivity (Wildman–Crippen MR) is 73.0 cm³/mol. The molecule has 84 valence electrons. The van der Waals surface area contributed by atoms with E-state index in [1.54, 1.807) is 0 Å². The van der Waals surface area contributed by atoms with Crippen molar-refractivity contribution in [3.63, 3.8) is 0 Å². The molecule has 0 amide bonds. The molecule has 2 nitrogen and oxygen atoms in total. The van der Waals surface area contributed by atoms with E-state index < -0.39 is 0 Å². The Morgan fingerprint density at radius 2 is 2.18 bits per heavy atom. The van der Waals surface area contributed by atoms with Gasteiger partial charge in [-0.3, -0.25) is 0 Å². The fourth-order valence-electron chi connectivity index (χ4n) is 1.61. The smallest absolute Gasteiger partial charge is 0.0998 e. The van der Waals surface area contributed by atoms with E-state index in [9.17, 15) is 5.26 Å². The molecule has 0 atom stereocenters. The van der Waals surface area contributed by atoms with E-state index in [-0.39, 0.29) is 0 Å². The molecule has 0 aliphatic rings. The van der Waals surface area contributed by atoms with Gasteiger partial charge in [0.2, 0.25) is 0 Å². The largest absolute Gasteiger partial charge is 0.351 e. The molecule has 0 saturated heterocycles. The first-order valence-electron chi connectivity index (χ1n) is 5.20. The quantitative estimate of drug-likeness (QED) is 0.771. The first kappa shape index (κ1) is 11.7. The van der Waals surface area contributed by atoms with Gasteiger partial charge in [0.25, 0.3) is 0 Å². The minimum Gasteiger partial charge on any atom is -0.351 e. The summed E-state index contributed by atoms with van der Waals surface area (Å²) < 4.78 is 2.96. The minimum atomic E-state index is 0.660. The Bertz CT molecular complexity index is 603. The van der Waals surface area contributed by atoms with Gasteiger partial charge < -0.3 is 4.57 Å². The van der Waals surface area contributed by atoms with E-state index in [0.29, 0.717) is 5.57 Å². The monoisotopic (exact) mass is 286 g/mol. The van der Waals surface area contributed by atoms with Crippen LogP contribution in [-0.2, 0) is 7.05 Å². The van der Waals surface area contributed by atoms with Crippen molar-refractivity contribution in [3.8, 4) is 6.07 Å². The van der Waals surface area contributed by atoms with Crippen LogP contribution in [0.4, 0.5) is 0 Å². The maximum Gasteiger partial charge on any atom is 0.0998 e. The van der Waals surface area contributed by atoms with E-state index in [0.717, 1.165) is 15.7 Å². The van der Waals surface area contributed by atoms with Crippen LogP contribution in [0.5, 0.6) is 0 Å². The molecule has 1 aromatic heterocycles. The molecule has 0 N–H and O–H groups in total. The Labute approximate surface area is 109 Å². The summed E-state index contributed by atoms with van der Waals surface area (Å²) in [4.78, 5) is 0. The Kier molecular flexibility index (Phi) is 3.46. The molecule has 0 aliphatic heterocycles. The Morgan fingerprint density at radius 3 is 2.76 bits per heavy atom. The van der Waals surface area contributed by atoms with Crippen molar-refractivity contribution in [3.05, 3.63) is 58.3 Å². The summed E-state index contributed by atoms with van der Waals surface area (Å²) in [5.41, 5.74) is 2.60. The maximum atomic E-state index is 9.22. The minimum absolute atomic E-state index is 0.660. The third-order valence-corrected chi connectivity index (χ3v) is 3.03. The van der Waals surface area contributed by atoms with Crippen LogP contribution in [0.1, 0.15) is 11.3 Å². The van der Waals surface area contributed by atoms with E-state index in [1.807, 2.05) is 60.3 Å². The predicted octanol–water partition coefficient (Wildman–Crippen LogP) is 3.85. The molecule has 0 fully saturated rings. The third-order valence-electron chi connectivity index (χ3n) is 2.53. The van der Waals surface area contributed by atoms with Crippen LogP contribution in [-0.4, -0.2) is 4.57 Å². The highest BCUT2D eigenvalue weighted by atomic mass is 79.9. The standard InChI is InChI=1S/C14H11BrN2/c1-17-7-3-6-14(17)9-12(10-16)11-4-2-5-13(15)8-11/h2-9H,1H3/b12-9+. The fourth-order valence-corrected chi connectivity index (χ4v) is 2.01. The van der Waals surface area contributed by atoms with Crippen LogP contribution in [0.25, 0.3) is 11.6 Å². The molecule has 1 heterocycles. The van der Waals surface area contributed by atoms with Crippen molar-refractivity contribution in [1.29, 1.82) is 5.26 Å². The van der Waals surface area contributed by atoms with Crippen molar-refractivity contribution in [2.24, 2.45) is 7.05 Å². The van der Waals surface area contributed by atoms with Crippen molar-refractivity contribution < 1.29 is 0 Å². The van der Waals surface area contributed by atoms with Gasteiger partial charge in [-0.05, 0) is 35.9 Å². The van der Waals surface area contributed by atoms with Crippen LogP contribution in [0, 0.1) is 11.3 Å². The van der Waals surface area contributed by atoms with Crippen LogP contribution >= 0.6 is 15.9 Å². The zero-order chi connectivity index (χ0) is 12.3. The van der Waals surface area contributed by atoms with Gasteiger partial charge >= 0.3 is 0 Å². The molecule has 17 heavy (non-hydrogen) atoms. The lowest BCUT2D eigenvalue weighted by atomic mass is 10.1. The first-order chi connectivity index (χ1) is 8.20. The molecule has 2 aromatic rings. The van der Waals surface area contributed by atoms with Crippen LogP contribution in [0.15, 0.2) is 47.1 Å². The molecule has 2 rings (SSSR count). The lowest BCUT2D eigenvalue weighted by Crippen LogP contribution is -1.89. The van der Waals surface area contributed by atoms with E-state index in [2.05, 4.69) is 22.0 Å². The van der Waals surface area contributed by atoms with Crippen molar-refractivity contribution in [2.75, 3.05) is 0 Å². The molecule has 0 unspecified atom stereocenters. The molecule has 0 saturated carbocycles. The van der Waals surface area contributed by atoms with E-state index in [4.69, 9.17) is 0 Å². The molecule has 0 spiro atoms. The molecule has 1 aromatic carbocycles. The average Bonchev–Trinajstić information content (AvgIpc) is 2.71. The average molecular weight is 287 g/mol. The van der Waals surface area contributed by atoms with Crippen LogP contribution in [0.3, 0.4) is 0 Å². The van der Waals surface area contributed by atoms with Gasteiger partial charge in [-0.25, -0.2) is 0 Å². The molecular formula is C14H11BrN2. The maximum absolute atomic E-state index is 9.22. The Hall–Kier alpha value is -1.79. The number of aryl methyl sites for hydroxylation is 1. The van der Waals surface area contributed by atoms with Crippen molar-refractivity contribution in [2.45, 2.75) is 0 Å². The highest BCUT2D eigenvalue weighted by molar-refractivity contribution is 9.10. The lowest BCUT2D eigenvalue weighted by molar-refractivity contribution is 0.915. The van der Waals surface area contributed by atoms with Crippen LogP contribution in [0.2, 0.25) is 0 Å². The Balaban J connectivity index is 2.45. The van der Waals surface area contributed by atoms with Crippen LogP contribution < -0.4 is 0 Å². The molecule has 0 bridgehead atoms. The topological polar surface area (TPSA) is 28.7 Å². The number of nitriles is 1. The summed E-state index contributed by atoms with van der Waals surface area (Å²) in [5, 5.41) is 9.22. The fraction of sp³-hybridized carbons (Fsp3) is 0.0714. The summed E-state index contributed by atoms with van der Waals surface area (Å²) in [6.07, 6.45) is 3.85.